The van der Waals surface area contributed by atoms with Gasteiger partial charge < -0.3 is 4.74 Å². The second kappa shape index (κ2) is 4.53. The van der Waals surface area contributed by atoms with Gasteiger partial charge in [-0.3, -0.25) is 0 Å². The summed E-state index contributed by atoms with van der Waals surface area (Å²) in [5.41, 5.74) is 0. The molecule has 0 saturated carbocycles. The van der Waals surface area contributed by atoms with Crippen molar-refractivity contribution in [1.82, 2.24) is 0 Å². The van der Waals surface area contributed by atoms with Crippen molar-refractivity contribution in [3.05, 3.63) is 28.2 Å². The highest BCUT2D eigenvalue weighted by atomic mass is 79.9. The lowest BCUT2D eigenvalue weighted by Gasteiger charge is -2.05. The van der Waals surface area contributed by atoms with Crippen molar-refractivity contribution in [1.29, 1.82) is 0 Å². The van der Waals surface area contributed by atoms with Crippen LogP contribution in [-0.4, -0.2) is 13.2 Å². The maximum atomic E-state index is 12.9. The zero-order chi connectivity index (χ0) is 9.84. The molecule has 13 heavy (non-hydrogen) atoms. The zero-order valence-electron chi connectivity index (χ0n) is 6.52. The van der Waals surface area contributed by atoms with Gasteiger partial charge in [-0.25, -0.2) is 9.50 Å². The number of hydrogen-bond donors (Lipinski definition) is 0. The average molecular weight is 252 g/mol. The Morgan fingerprint density at radius 1 is 1.38 bits per heavy atom. The van der Waals surface area contributed by atoms with Crippen molar-refractivity contribution < 1.29 is 18.6 Å². The fourth-order valence-corrected chi connectivity index (χ4v) is 1.20. The summed E-state index contributed by atoms with van der Waals surface area (Å²) in [6.07, 6.45) is 0. The first kappa shape index (κ1) is 10.4. The summed E-state index contributed by atoms with van der Waals surface area (Å²) in [6.45, 7) is -0.666. The van der Waals surface area contributed by atoms with E-state index in [2.05, 4.69) is 15.9 Å². The van der Waals surface area contributed by atoms with Crippen LogP contribution in [-0.2, 0) is 5.11 Å². The van der Waals surface area contributed by atoms with Gasteiger partial charge in [0.15, 0.2) is 11.6 Å². The first-order valence-electron chi connectivity index (χ1n) is 3.50. The SMILES string of the molecule is [O]CCOc1cc(Br)cc(F)c1F. The van der Waals surface area contributed by atoms with Crippen LogP contribution in [0.4, 0.5) is 8.78 Å². The van der Waals surface area contributed by atoms with E-state index in [9.17, 15) is 13.9 Å². The fourth-order valence-electron chi connectivity index (χ4n) is 0.789. The van der Waals surface area contributed by atoms with E-state index in [0.29, 0.717) is 4.47 Å². The average Bonchev–Trinajstić information content (AvgIpc) is 2.09. The molecule has 0 aromatic heterocycles. The second-order valence-electron chi connectivity index (χ2n) is 2.25. The minimum Gasteiger partial charge on any atom is -0.488 e. The number of rotatable bonds is 3. The molecule has 0 N–H and O–H groups in total. The lowest BCUT2D eigenvalue weighted by atomic mass is 10.3. The van der Waals surface area contributed by atoms with E-state index in [1.165, 1.54) is 6.07 Å². The molecule has 0 heterocycles. The minimum absolute atomic E-state index is 0.174. The van der Waals surface area contributed by atoms with Crippen LogP contribution in [0.5, 0.6) is 5.75 Å². The number of ether oxygens (including phenoxy) is 1. The molecule has 0 bridgehead atoms. The van der Waals surface area contributed by atoms with Gasteiger partial charge in [0.1, 0.15) is 13.2 Å². The first-order valence-corrected chi connectivity index (χ1v) is 4.30. The summed E-state index contributed by atoms with van der Waals surface area (Å²) in [7, 11) is 0. The van der Waals surface area contributed by atoms with Crippen LogP contribution < -0.4 is 4.74 Å². The molecule has 0 amide bonds. The zero-order valence-corrected chi connectivity index (χ0v) is 8.11. The van der Waals surface area contributed by atoms with E-state index in [4.69, 9.17) is 4.74 Å². The molecule has 0 aliphatic carbocycles. The van der Waals surface area contributed by atoms with Crippen molar-refractivity contribution in [3.63, 3.8) is 0 Å². The van der Waals surface area contributed by atoms with Gasteiger partial charge in [0.05, 0.1) is 0 Å². The molecule has 0 aliphatic heterocycles. The van der Waals surface area contributed by atoms with Gasteiger partial charge in [-0.2, -0.15) is 4.39 Å². The normalized spacial score (nSPS) is 10.2. The molecule has 1 radical (unpaired) electrons. The molecule has 5 heteroatoms. The number of halogens is 3. The fraction of sp³-hybridized carbons (Fsp3) is 0.250. The highest BCUT2D eigenvalue weighted by Crippen LogP contribution is 2.25. The van der Waals surface area contributed by atoms with E-state index < -0.39 is 18.2 Å². The maximum Gasteiger partial charge on any atom is 0.200 e. The Bertz CT molecular complexity index is 304. The van der Waals surface area contributed by atoms with Crippen LogP contribution in [0.25, 0.3) is 0 Å². The molecule has 0 fully saturated rings. The van der Waals surface area contributed by atoms with E-state index in [0.717, 1.165) is 6.07 Å². The molecule has 0 unspecified atom stereocenters. The minimum atomic E-state index is -1.07. The van der Waals surface area contributed by atoms with Crippen LogP contribution in [0, 0.1) is 11.6 Å². The van der Waals surface area contributed by atoms with Crippen molar-refractivity contribution >= 4 is 15.9 Å². The molecule has 1 rings (SSSR count). The monoisotopic (exact) mass is 251 g/mol. The Hall–Kier alpha value is -0.680. The quantitative estimate of drug-likeness (QED) is 0.760. The molecule has 71 valence electrons. The molecule has 0 atom stereocenters. The van der Waals surface area contributed by atoms with Crippen LogP contribution in [0.3, 0.4) is 0 Å². The Morgan fingerprint density at radius 2 is 2.08 bits per heavy atom. The van der Waals surface area contributed by atoms with E-state index in [1.54, 1.807) is 0 Å². The third kappa shape index (κ3) is 2.63. The standard InChI is InChI=1S/C8H6BrF2O2/c9-5-3-6(10)8(11)7(4-5)13-2-1-12/h3-4H,1-2H2. The highest BCUT2D eigenvalue weighted by Gasteiger charge is 2.10. The molecule has 0 aliphatic rings. The lowest BCUT2D eigenvalue weighted by Crippen LogP contribution is -2.03. The number of hydrogen-bond acceptors (Lipinski definition) is 1. The van der Waals surface area contributed by atoms with E-state index >= 15 is 0 Å². The Balaban J connectivity index is 2.92. The second-order valence-corrected chi connectivity index (χ2v) is 3.17. The van der Waals surface area contributed by atoms with Crippen molar-refractivity contribution in [3.8, 4) is 5.75 Å². The third-order valence-corrected chi connectivity index (χ3v) is 1.76. The first-order chi connectivity index (χ1) is 6.15. The predicted molar refractivity (Wildman–Crippen MR) is 45.1 cm³/mol. The van der Waals surface area contributed by atoms with Gasteiger partial charge in [-0.05, 0) is 12.1 Å². The summed E-state index contributed by atoms with van der Waals surface area (Å²) in [5.74, 6) is -2.32. The summed E-state index contributed by atoms with van der Waals surface area (Å²) in [5, 5.41) is 10.0. The van der Waals surface area contributed by atoms with Crippen molar-refractivity contribution in [2.75, 3.05) is 13.2 Å². The van der Waals surface area contributed by atoms with Gasteiger partial charge in [-0.1, -0.05) is 15.9 Å². The smallest absolute Gasteiger partial charge is 0.200 e. The van der Waals surface area contributed by atoms with Gasteiger partial charge in [0.2, 0.25) is 5.82 Å². The number of benzene rings is 1. The molecular formula is C8H6BrF2O2. The summed E-state index contributed by atoms with van der Waals surface area (Å²) in [6, 6.07) is 2.26. The van der Waals surface area contributed by atoms with Crippen molar-refractivity contribution in [2.24, 2.45) is 0 Å². The highest BCUT2D eigenvalue weighted by molar-refractivity contribution is 9.10. The molecule has 2 nitrogen and oxygen atoms in total. The molecular weight excluding hydrogens is 246 g/mol. The Labute approximate surface area is 82.3 Å². The van der Waals surface area contributed by atoms with Crippen LogP contribution >= 0.6 is 15.9 Å². The van der Waals surface area contributed by atoms with Crippen LogP contribution in [0.2, 0.25) is 0 Å². The molecule has 1 aromatic carbocycles. The topological polar surface area (TPSA) is 29.1 Å². The van der Waals surface area contributed by atoms with Gasteiger partial charge in [-0.15, -0.1) is 0 Å². The van der Waals surface area contributed by atoms with Crippen LogP contribution in [0.15, 0.2) is 16.6 Å². The van der Waals surface area contributed by atoms with E-state index in [1.807, 2.05) is 0 Å². The summed E-state index contributed by atoms with van der Waals surface area (Å²) >= 11 is 2.97. The third-order valence-electron chi connectivity index (χ3n) is 1.30. The lowest BCUT2D eigenvalue weighted by molar-refractivity contribution is 0.135. The largest absolute Gasteiger partial charge is 0.488 e. The maximum absolute atomic E-state index is 12.9. The van der Waals surface area contributed by atoms with Gasteiger partial charge in [0, 0.05) is 4.47 Å². The van der Waals surface area contributed by atoms with E-state index in [-0.39, 0.29) is 12.4 Å². The predicted octanol–water partition coefficient (Wildman–Crippen LogP) is 2.54. The molecule has 0 spiro atoms. The molecule has 0 saturated heterocycles. The van der Waals surface area contributed by atoms with Gasteiger partial charge >= 0.3 is 0 Å². The molecule has 1 aromatic rings. The Kier molecular flexibility index (Phi) is 3.62. The van der Waals surface area contributed by atoms with Gasteiger partial charge in [0.25, 0.3) is 0 Å². The summed E-state index contributed by atoms with van der Waals surface area (Å²) in [4.78, 5) is 0. The summed E-state index contributed by atoms with van der Waals surface area (Å²) < 4.78 is 30.6. The van der Waals surface area contributed by atoms with Crippen LogP contribution in [0.1, 0.15) is 0 Å². The van der Waals surface area contributed by atoms with Crippen molar-refractivity contribution in [2.45, 2.75) is 0 Å². The Morgan fingerprint density at radius 3 is 2.69 bits per heavy atom.